The van der Waals surface area contributed by atoms with Crippen molar-refractivity contribution in [3.63, 3.8) is 0 Å². The van der Waals surface area contributed by atoms with Gasteiger partial charge in [-0.15, -0.1) is 0 Å². The van der Waals surface area contributed by atoms with Crippen molar-refractivity contribution >= 4 is 15.7 Å². The molecule has 0 spiro atoms. The van der Waals surface area contributed by atoms with Crippen LogP contribution in [0.1, 0.15) is 39.5 Å². The summed E-state index contributed by atoms with van der Waals surface area (Å²) in [6, 6.07) is 0.291. The molecule has 1 fully saturated rings. The minimum atomic E-state index is -3.29. The summed E-state index contributed by atoms with van der Waals surface area (Å²) in [4.78, 5) is 11.4. The van der Waals surface area contributed by atoms with E-state index in [1.165, 1.54) is 0 Å². The second kappa shape index (κ2) is 7.09. The maximum absolute atomic E-state index is 12.0. The summed E-state index contributed by atoms with van der Waals surface area (Å²) >= 11 is 0. The van der Waals surface area contributed by atoms with Crippen molar-refractivity contribution in [3.05, 3.63) is 0 Å². The molecule has 0 aliphatic heterocycles. The van der Waals surface area contributed by atoms with Crippen LogP contribution in [0, 0.1) is 0 Å². The Hall–Kier alpha value is -0.620. The first kappa shape index (κ1) is 15.4. The lowest BCUT2D eigenvalue weighted by Gasteiger charge is -2.13. The molecule has 0 aromatic heterocycles. The van der Waals surface area contributed by atoms with E-state index in [-0.39, 0.29) is 16.9 Å². The number of rotatable bonds is 7. The number of hydrogen-bond donors (Lipinski definition) is 2. The number of hydrogen-bond acceptors (Lipinski definition) is 4. The first-order chi connectivity index (χ1) is 8.49. The van der Waals surface area contributed by atoms with E-state index in [4.69, 9.17) is 0 Å². The number of carbonyl (C=O) groups excluding carboxylic acids is 1. The van der Waals surface area contributed by atoms with Crippen LogP contribution in [-0.4, -0.2) is 44.5 Å². The van der Waals surface area contributed by atoms with Crippen LogP contribution in [0.4, 0.5) is 0 Å². The Labute approximate surface area is 110 Å². The summed E-state index contributed by atoms with van der Waals surface area (Å²) in [5, 5.41) is 5.53. The second-order valence-electron chi connectivity index (χ2n) is 4.85. The molecule has 0 radical (unpaired) electrons. The maximum atomic E-state index is 12.0. The molecular weight excluding hydrogens is 252 g/mol. The van der Waals surface area contributed by atoms with Crippen LogP contribution in [0.15, 0.2) is 0 Å². The van der Waals surface area contributed by atoms with Gasteiger partial charge < -0.3 is 10.6 Å². The molecule has 6 heteroatoms. The molecule has 0 bridgehead atoms. The number of sulfone groups is 1. The number of nitrogens with one attached hydrogen (secondary N) is 2. The topological polar surface area (TPSA) is 75.3 Å². The summed E-state index contributed by atoms with van der Waals surface area (Å²) in [5.41, 5.74) is 0. The summed E-state index contributed by atoms with van der Waals surface area (Å²) in [6.07, 6.45) is 3.25. The highest BCUT2D eigenvalue weighted by Crippen LogP contribution is 2.25. The summed E-state index contributed by atoms with van der Waals surface area (Å²) < 4.78 is 24.1. The zero-order chi connectivity index (χ0) is 13.6. The van der Waals surface area contributed by atoms with E-state index in [0.717, 1.165) is 19.4 Å². The molecular formula is C12H24N2O3S. The lowest BCUT2D eigenvalue weighted by atomic mass is 10.2. The Morgan fingerprint density at radius 1 is 1.28 bits per heavy atom. The molecule has 5 nitrogen and oxygen atoms in total. The molecule has 1 amide bonds. The minimum Gasteiger partial charge on any atom is -0.356 e. The monoisotopic (exact) mass is 276 g/mol. The molecule has 18 heavy (non-hydrogen) atoms. The molecule has 1 aliphatic rings. The highest BCUT2D eigenvalue weighted by Gasteiger charge is 2.34. The number of carbonyl (C=O) groups is 1. The van der Waals surface area contributed by atoms with Gasteiger partial charge >= 0.3 is 0 Å². The van der Waals surface area contributed by atoms with Crippen molar-refractivity contribution < 1.29 is 13.2 Å². The molecule has 0 heterocycles. The first-order valence-corrected chi connectivity index (χ1v) is 8.42. The molecule has 2 N–H and O–H groups in total. The quantitative estimate of drug-likeness (QED) is 0.708. The average molecular weight is 276 g/mol. The van der Waals surface area contributed by atoms with Gasteiger partial charge in [0.25, 0.3) is 0 Å². The Morgan fingerprint density at radius 2 is 2.00 bits per heavy atom. The van der Waals surface area contributed by atoms with Gasteiger partial charge in [0.15, 0.2) is 9.84 Å². The third kappa shape index (κ3) is 4.57. The highest BCUT2D eigenvalue weighted by molar-refractivity contribution is 7.92. The molecule has 1 rings (SSSR count). The van der Waals surface area contributed by atoms with Gasteiger partial charge in [0, 0.05) is 12.6 Å². The SMILES string of the molecule is CCCNC1CCC(S(=O)(=O)CC(=O)NCC)C1. The first-order valence-electron chi connectivity index (χ1n) is 6.71. The highest BCUT2D eigenvalue weighted by atomic mass is 32.2. The normalized spacial score (nSPS) is 24.1. The van der Waals surface area contributed by atoms with E-state index in [2.05, 4.69) is 17.6 Å². The molecule has 0 saturated heterocycles. The number of amides is 1. The lowest BCUT2D eigenvalue weighted by molar-refractivity contribution is -0.118. The molecule has 0 aromatic rings. The van der Waals surface area contributed by atoms with Gasteiger partial charge in [-0.05, 0) is 39.2 Å². The van der Waals surface area contributed by atoms with Crippen molar-refractivity contribution in [2.75, 3.05) is 18.8 Å². The summed E-state index contributed by atoms with van der Waals surface area (Å²) in [7, 11) is -3.29. The Morgan fingerprint density at radius 3 is 2.61 bits per heavy atom. The standard InChI is InChI=1S/C12H24N2O3S/c1-3-7-14-10-5-6-11(8-10)18(16,17)9-12(15)13-4-2/h10-11,14H,3-9H2,1-2H3,(H,13,15). The van der Waals surface area contributed by atoms with Crippen molar-refractivity contribution in [1.82, 2.24) is 10.6 Å². The van der Waals surface area contributed by atoms with Gasteiger partial charge in [0.1, 0.15) is 5.75 Å². The fraction of sp³-hybridized carbons (Fsp3) is 0.917. The van der Waals surface area contributed by atoms with E-state index >= 15 is 0 Å². The fourth-order valence-electron chi connectivity index (χ4n) is 2.35. The molecule has 1 saturated carbocycles. The average Bonchev–Trinajstić information content (AvgIpc) is 2.75. The Balaban J connectivity index is 2.47. The van der Waals surface area contributed by atoms with Crippen molar-refractivity contribution in [2.24, 2.45) is 0 Å². The van der Waals surface area contributed by atoms with Crippen LogP contribution in [0.2, 0.25) is 0 Å². The third-order valence-electron chi connectivity index (χ3n) is 3.28. The van der Waals surface area contributed by atoms with E-state index in [0.29, 0.717) is 25.4 Å². The largest absolute Gasteiger partial charge is 0.356 e. The summed E-state index contributed by atoms with van der Waals surface area (Å²) in [5.74, 6) is -0.756. The van der Waals surface area contributed by atoms with Crippen LogP contribution >= 0.6 is 0 Å². The Bertz CT molecular complexity index is 368. The zero-order valence-electron chi connectivity index (χ0n) is 11.2. The summed E-state index contributed by atoms with van der Waals surface area (Å²) in [6.45, 7) is 5.27. The van der Waals surface area contributed by atoms with Gasteiger partial charge in [-0.1, -0.05) is 6.92 Å². The van der Waals surface area contributed by atoms with Crippen molar-refractivity contribution in [3.8, 4) is 0 Å². The van der Waals surface area contributed by atoms with Crippen LogP contribution in [0.5, 0.6) is 0 Å². The van der Waals surface area contributed by atoms with Crippen molar-refractivity contribution in [1.29, 1.82) is 0 Å². The van der Waals surface area contributed by atoms with Crippen LogP contribution < -0.4 is 10.6 Å². The van der Waals surface area contributed by atoms with Gasteiger partial charge in [0.05, 0.1) is 5.25 Å². The predicted molar refractivity (Wildman–Crippen MR) is 72.2 cm³/mol. The van der Waals surface area contributed by atoms with E-state index in [1.807, 2.05) is 0 Å². The third-order valence-corrected chi connectivity index (χ3v) is 5.39. The zero-order valence-corrected chi connectivity index (χ0v) is 12.1. The molecule has 0 aromatic carbocycles. The van der Waals surface area contributed by atoms with E-state index in [1.54, 1.807) is 6.92 Å². The molecule has 106 valence electrons. The maximum Gasteiger partial charge on any atom is 0.235 e. The second-order valence-corrected chi connectivity index (χ2v) is 7.13. The predicted octanol–water partition coefficient (Wildman–Crippen LogP) is 0.458. The fourth-order valence-corrected chi connectivity index (χ4v) is 4.07. The van der Waals surface area contributed by atoms with E-state index < -0.39 is 9.84 Å². The molecule has 1 aliphatic carbocycles. The van der Waals surface area contributed by atoms with Gasteiger partial charge in [-0.3, -0.25) is 4.79 Å². The van der Waals surface area contributed by atoms with Crippen LogP contribution in [0.25, 0.3) is 0 Å². The van der Waals surface area contributed by atoms with Gasteiger partial charge in [0.2, 0.25) is 5.91 Å². The minimum absolute atomic E-state index is 0.291. The smallest absolute Gasteiger partial charge is 0.235 e. The Kier molecular flexibility index (Phi) is 6.08. The van der Waals surface area contributed by atoms with E-state index in [9.17, 15) is 13.2 Å². The lowest BCUT2D eigenvalue weighted by Crippen LogP contribution is -2.35. The van der Waals surface area contributed by atoms with Crippen LogP contribution in [-0.2, 0) is 14.6 Å². The van der Waals surface area contributed by atoms with Crippen molar-refractivity contribution in [2.45, 2.75) is 50.8 Å². The molecule has 2 unspecified atom stereocenters. The van der Waals surface area contributed by atoms with Gasteiger partial charge in [-0.2, -0.15) is 0 Å². The van der Waals surface area contributed by atoms with Gasteiger partial charge in [-0.25, -0.2) is 8.42 Å². The molecule has 2 atom stereocenters. The van der Waals surface area contributed by atoms with Crippen LogP contribution in [0.3, 0.4) is 0 Å².